The summed E-state index contributed by atoms with van der Waals surface area (Å²) >= 11 is 0. The van der Waals surface area contributed by atoms with Gasteiger partial charge >= 0.3 is 0 Å². The van der Waals surface area contributed by atoms with Gasteiger partial charge in [-0.1, -0.05) is 0 Å². The van der Waals surface area contributed by atoms with Gasteiger partial charge in [0, 0.05) is 20.3 Å². The first-order valence-electron chi connectivity index (χ1n) is 3.04. The summed E-state index contributed by atoms with van der Waals surface area (Å²) in [5.74, 6) is 0.998. The maximum absolute atomic E-state index is 4.10. The summed E-state index contributed by atoms with van der Waals surface area (Å²) < 4.78 is 0. The second-order valence-electron chi connectivity index (χ2n) is 1.93. The third kappa shape index (κ3) is 2.90. The maximum Gasteiger partial charge on any atom is 0.123 e. The molecular weight excluding hydrogens is 112 g/mol. The highest BCUT2D eigenvalue weighted by atomic mass is 15.2. The molecule has 0 unspecified atom stereocenters. The average Bonchev–Trinajstić information content (AvgIpc) is 1.82. The summed E-state index contributed by atoms with van der Waals surface area (Å²) in [5.41, 5.74) is 0. The SMILES string of the molecule is C/C=N\C(=C/C)N(C)C. The largest absolute Gasteiger partial charge is 0.363 e. The van der Waals surface area contributed by atoms with Crippen molar-refractivity contribution < 1.29 is 0 Å². The lowest BCUT2D eigenvalue weighted by molar-refractivity contribution is 0.506. The molecule has 0 radical (unpaired) electrons. The molecule has 0 N–H and O–H groups in total. The van der Waals surface area contributed by atoms with E-state index in [-0.39, 0.29) is 0 Å². The summed E-state index contributed by atoms with van der Waals surface area (Å²) in [7, 11) is 3.95. The van der Waals surface area contributed by atoms with Gasteiger partial charge in [0.25, 0.3) is 0 Å². The fourth-order valence-electron chi connectivity index (χ4n) is 0.580. The first kappa shape index (κ1) is 8.21. The predicted molar refractivity (Wildman–Crippen MR) is 41.6 cm³/mol. The van der Waals surface area contributed by atoms with E-state index in [2.05, 4.69) is 4.99 Å². The fraction of sp³-hybridized carbons (Fsp3) is 0.571. The van der Waals surface area contributed by atoms with Crippen LogP contribution in [0.5, 0.6) is 0 Å². The summed E-state index contributed by atoms with van der Waals surface area (Å²) in [5, 5.41) is 0. The maximum atomic E-state index is 4.10. The molecule has 0 rings (SSSR count). The van der Waals surface area contributed by atoms with E-state index in [0.717, 1.165) is 5.82 Å². The molecule has 52 valence electrons. The Morgan fingerprint density at radius 1 is 1.33 bits per heavy atom. The quantitative estimate of drug-likeness (QED) is 0.512. The van der Waals surface area contributed by atoms with E-state index in [1.54, 1.807) is 6.21 Å². The Hall–Kier alpha value is -0.790. The highest BCUT2D eigenvalue weighted by molar-refractivity contribution is 5.55. The number of rotatable bonds is 2. The first-order chi connectivity index (χ1) is 4.22. The number of hydrogen-bond acceptors (Lipinski definition) is 2. The Labute approximate surface area is 56.9 Å². The van der Waals surface area contributed by atoms with Crippen molar-refractivity contribution in [3.63, 3.8) is 0 Å². The lowest BCUT2D eigenvalue weighted by atomic mass is 10.5. The lowest BCUT2D eigenvalue weighted by Gasteiger charge is -2.10. The molecule has 0 fully saturated rings. The zero-order valence-corrected chi connectivity index (χ0v) is 6.55. The van der Waals surface area contributed by atoms with Crippen LogP contribution in [0.25, 0.3) is 0 Å². The molecular formula is C7H14N2. The van der Waals surface area contributed by atoms with Crippen molar-refractivity contribution in [3.8, 4) is 0 Å². The molecule has 0 saturated heterocycles. The molecule has 0 aromatic carbocycles. The van der Waals surface area contributed by atoms with E-state index >= 15 is 0 Å². The van der Waals surface area contributed by atoms with Crippen LogP contribution < -0.4 is 0 Å². The van der Waals surface area contributed by atoms with Crippen molar-refractivity contribution in [1.82, 2.24) is 4.90 Å². The second kappa shape index (κ2) is 4.13. The number of aliphatic imine (C=N–C) groups is 1. The van der Waals surface area contributed by atoms with Gasteiger partial charge in [0.2, 0.25) is 0 Å². The molecule has 0 aromatic rings. The average molecular weight is 126 g/mol. The Morgan fingerprint density at radius 2 is 1.89 bits per heavy atom. The molecule has 2 nitrogen and oxygen atoms in total. The molecule has 0 aromatic heterocycles. The van der Waals surface area contributed by atoms with Crippen LogP contribution in [0.3, 0.4) is 0 Å². The van der Waals surface area contributed by atoms with Crippen LogP contribution in [0.4, 0.5) is 0 Å². The third-order valence-electron chi connectivity index (χ3n) is 0.978. The molecule has 0 spiro atoms. The van der Waals surface area contributed by atoms with E-state index in [4.69, 9.17) is 0 Å². The number of allylic oxidation sites excluding steroid dienone is 1. The summed E-state index contributed by atoms with van der Waals surface area (Å²) in [6, 6.07) is 0. The summed E-state index contributed by atoms with van der Waals surface area (Å²) in [6.07, 6.45) is 3.76. The normalized spacial score (nSPS) is 12.7. The van der Waals surface area contributed by atoms with Gasteiger partial charge in [-0.25, -0.2) is 4.99 Å². The summed E-state index contributed by atoms with van der Waals surface area (Å²) in [6.45, 7) is 3.88. The van der Waals surface area contributed by atoms with Gasteiger partial charge in [-0.15, -0.1) is 0 Å². The molecule has 0 saturated carbocycles. The molecule has 9 heavy (non-hydrogen) atoms. The minimum Gasteiger partial charge on any atom is -0.363 e. The molecule has 0 atom stereocenters. The topological polar surface area (TPSA) is 15.6 Å². The molecule has 0 bridgehead atoms. The van der Waals surface area contributed by atoms with Crippen molar-refractivity contribution in [2.45, 2.75) is 13.8 Å². The predicted octanol–water partition coefficient (Wildman–Crippen LogP) is 1.50. The molecule has 0 aliphatic heterocycles. The molecule has 0 heterocycles. The van der Waals surface area contributed by atoms with Gasteiger partial charge < -0.3 is 4.90 Å². The van der Waals surface area contributed by atoms with Gasteiger partial charge in [-0.2, -0.15) is 0 Å². The van der Waals surface area contributed by atoms with E-state index in [1.165, 1.54) is 0 Å². The smallest absolute Gasteiger partial charge is 0.123 e. The minimum atomic E-state index is 0.998. The molecule has 2 heteroatoms. The number of nitrogens with zero attached hydrogens (tertiary/aromatic N) is 2. The summed E-state index contributed by atoms with van der Waals surface area (Å²) in [4.78, 5) is 6.08. The van der Waals surface area contributed by atoms with Gasteiger partial charge in [-0.05, 0) is 19.9 Å². The van der Waals surface area contributed by atoms with E-state index in [9.17, 15) is 0 Å². The Morgan fingerprint density at radius 3 is 2.00 bits per heavy atom. The molecule has 0 aliphatic carbocycles. The second-order valence-corrected chi connectivity index (χ2v) is 1.93. The van der Waals surface area contributed by atoms with Crippen LogP contribution in [0.2, 0.25) is 0 Å². The van der Waals surface area contributed by atoms with Crippen LogP contribution in [0.15, 0.2) is 16.9 Å². The highest BCUT2D eigenvalue weighted by Gasteiger charge is 1.89. The minimum absolute atomic E-state index is 0.998. The van der Waals surface area contributed by atoms with Gasteiger partial charge in [0.15, 0.2) is 0 Å². The highest BCUT2D eigenvalue weighted by Crippen LogP contribution is 1.97. The van der Waals surface area contributed by atoms with Crippen molar-refractivity contribution >= 4 is 6.21 Å². The van der Waals surface area contributed by atoms with Crippen molar-refractivity contribution in [3.05, 3.63) is 11.9 Å². The van der Waals surface area contributed by atoms with Gasteiger partial charge in [0.05, 0.1) is 0 Å². The van der Waals surface area contributed by atoms with Crippen molar-refractivity contribution in [2.75, 3.05) is 14.1 Å². The van der Waals surface area contributed by atoms with Crippen LogP contribution in [0.1, 0.15) is 13.8 Å². The lowest BCUT2D eigenvalue weighted by Crippen LogP contribution is -2.08. The van der Waals surface area contributed by atoms with Gasteiger partial charge in [-0.3, -0.25) is 0 Å². The van der Waals surface area contributed by atoms with E-state index in [1.807, 2.05) is 38.9 Å². The fourth-order valence-corrected chi connectivity index (χ4v) is 0.580. The monoisotopic (exact) mass is 126 g/mol. The Bertz CT molecular complexity index is 123. The number of hydrogen-bond donors (Lipinski definition) is 0. The first-order valence-corrected chi connectivity index (χ1v) is 3.04. The van der Waals surface area contributed by atoms with Crippen molar-refractivity contribution in [1.29, 1.82) is 0 Å². The zero-order valence-electron chi connectivity index (χ0n) is 6.55. The van der Waals surface area contributed by atoms with E-state index in [0.29, 0.717) is 0 Å². The van der Waals surface area contributed by atoms with Crippen molar-refractivity contribution in [2.24, 2.45) is 4.99 Å². The van der Waals surface area contributed by atoms with Crippen LogP contribution in [0, 0.1) is 0 Å². The zero-order chi connectivity index (χ0) is 7.28. The Balaban J connectivity index is 4.01. The van der Waals surface area contributed by atoms with Crippen LogP contribution >= 0.6 is 0 Å². The molecule has 0 amide bonds. The van der Waals surface area contributed by atoms with Crippen LogP contribution in [-0.2, 0) is 0 Å². The third-order valence-corrected chi connectivity index (χ3v) is 0.978. The molecule has 0 aliphatic rings. The van der Waals surface area contributed by atoms with Gasteiger partial charge in [0.1, 0.15) is 5.82 Å². The Kier molecular flexibility index (Phi) is 3.76. The standard InChI is InChI=1S/C7H14N2/c1-5-7(8-6-2)9(3)4/h5-6H,1-4H3/b7-5+,8-6-. The van der Waals surface area contributed by atoms with Crippen LogP contribution in [-0.4, -0.2) is 25.2 Å². The van der Waals surface area contributed by atoms with E-state index < -0.39 is 0 Å².